The van der Waals surface area contributed by atoms with Gasteiger partial charge in [-0.15, -0.1) is 21.2 Å². The number of thioether (sulfide) groups is 1. The Labute approximate surface area is 203 Å². The Morgan fingerprint density at radius 2 is 1.76 bits per heavy atom. The third-order valence-electron chi connectivity index (χ3n) is 5.46. The molecule has 0 aliphatic rings. The first kappa shape index (κ1) is 28.7. The maximum Gasteiger partial charge on any atom is 0.694 e. The summed E-state index contributed by atoms with van der Waals surface area (Å²) in [4.78, 5) is 8.77. The molecule has 0 spiro atoms. The standard InChI is InChI=1S/C24H30F4NO3PS/c1-23(2,19-7-9-20(25)10-8-19)12-3-4-15-34-22-11-6-18(16-21(22)24(26,27)28)17-29-13-5-14-32-33(30)31/h6-11,16,29H,3-5,12-15,17H2,1-2H3/p+1. The molecule has 10 heteroatoms. The van der Waals surface area contributed by atoms with Crippen LogP contribution in [0.4, 0.5) is 17.6 Å². The molecule has 0 aliphatic heterocycles. The zero-order valence-electron chi connectivity index (χ0n) is 19.3. The molecule has 0 amide bonds. The SMILES string of the molecule is CC(C)(CCCCSc1ccc(CNCCCO[P+](=O)O)cc1C(F)(F)F)c1ccc(F)cc1. The van der Waals surface area contributed by atoms with Crippen LogP contribution < -0.4 is 5.32 Å². The van der Waals surface area contributed by atoms with Crippen molar-refractivity contribution >= 4 is 20.0 Å². The van der Waals surface area contributed by atoms with Crippen LogP contribution in [0.5, 0.6) is 0 Å². The number of halogens is 4. The van der Waals surface area contributed by atoms with E-state index in [1.807, 2.05) is 0 Å². The van der Waals surface area contributed by atoms with Crippen LogP contribution in [0.15, 0.2) is 47.4 Å². The molecule has 2 aromatic rings. The quantitative estimate of drug-likeness (QED) is 0.119. The fourth-order valence-electron chi connectivity index (χ4n) is 3.50. The number of hydrogen-bond acceptors (Lipinski definition) is 4. The van der Waals surface area contributed by atoms with E-state index in [0.29, 0.717) is 24.3 Å². The van der Waals surface area contributed by atoms with E-state index in [1.165, 1.54) is 36.0 Å². The third-order valence-corrected chi connectivity index (χ3v) is 7.02. The third kappa shape index (κ3) is 10.0. The Hall–Kier alpha value is -1.51. The largest absolute Gasteiger partial charge is 0.694 e. The van der Waals surface area contributed by atoms with Crippen LogP contribution in [0.1, 0.15) is 56.2 Å². The van der Waals surface area contributed by atoms with Gasteiger partial charge < -0.3 is 5.32 Å². The molecule has 34 heavy (non-hydrogen) atoms. The van der Waals surface area contributed by atoms with E-state index in [9.17, 15) is 22.1 Å². The van der Waals surface area contributed by atoms with E-state index in [0.717, 1.165) is 24.8 Å². The van der Waals surface area contributed by atoms with E-state index in [-0.39, 0.29) is 29.3 Å². The smallest absolute Gasteiger partial charge is 0.313 e. The van der Waals surface area contributed by atoms with Crippen molar-refractivity contribution in [3.63, 3.8) is 0 Å². The predicted molar refractivity (Wildman–Crippen MR) is 128 cm³/mol. The Morgan fingerprint density at radius 1 is 1.06 bits per heavy atom. The van der Waals surface area contributed by atoms with E-state index in [1.54, 1.807) is 18.2 Å². The van der Waals surface area contributed by atoms with Crippen molar-refractivity contribution in [1.29, 1.82) is 0 Å². The van der Waals surface area contributed by atoms with Gasteiger partial charge in [-0.3, -0.25) is 0 Å². The van der Waals surface area contributed by atoms with Gasteiger partial charge in [0.1, 0.15) is 12.4 Å². The predicted octanol–water partition coefficient (Wildman–Crippen LogP) is 7.23. The number of unbranched alkanes of at least 4 members (excludes halogenated alkanes) is 1. The van der Waals surface area contributed by atoms with Crippen LogP contribution in [0.2, 0.25) is 0 Å². The molecule has 0 aliphatic carbocycles. The maximum absolute atomic E-state index is 13.6. The molecule has 1 atom stereocenters. The highest BCUT2D eigenvalue weighted by Gasteiger charge is 2.33. The molecule has 0 aromatic heterocycles. The topological polar surface area (TPSA) is 58.6 Å². The van der Waals surface area contributed by atoms with E-state index >= 15 is 0 Å². The molecule has 0 bridgehead atoms. The van der Waals surface area contributed by atoms with E-state index < -0.39 is 20.0 Å². The Bertz CT molecular complexity index is 923. The molecule has 1 unspecified atom stereocenters. The van der Waals surface area contributed by atoms with Crippen molar-refractivity contribution in [2.45, 2.75) is 62.6 Å². The van der Waals surface area contributed by atoms with Gasteiger partial charge in [0.25, 0.3) is 0 Å². The number of rotatable bonds is 14. The molecule has 0 saturated carbocycles. The highest BCUT2D eigenvalue weighted by molar-refractivity contribution is 7.99. The average Bonchev–Trinajstić information content (AvgIpc) is 2.76. The minimum Gasteiger partial charge on any atom is -0.313 e. The second-order valence-corrected chi connectivity index (χ2v) is 10.5. The summed E-state index contributed by atoms with van der Waals surface area (Å²) in [7, 11) is -2.63. The van der Waals surface area contributed by atoms with Crippen LogP contribution in [0.3, 0.4) is 0 Å². The van der Waals surface area contributed by atoms with Gasteiger partial charge in [0.05, 0.1) is 5.56 Å². The van der Waals surface area contributed by atoms with Crippen molar-refractivity contribution in [2.24, 2.45) is 0 Å². The summed E-state index contributed by atoms with van der Waals surface area (Å²) in [5.74, 6) is 0.304. The summed E-state index contributed by atoms with van der Waals surface area (Å²) in [5.41, 5.74) is 0.795. The van der Waals surface area contributed by atoms with Gasteiger partial charge in [-0.2, -0.15) is 13.2 Å². The first-order chi connectivity index (χ1) is 16.0. The molecule has 0 heterocycles. The van der Waals surface area contributed by atoms with Crippen molar-refractivity contribution in [1.82, 2.24) is 5.32 Å². The zero-order valence-corrected chi connectivity index (χ0v) is 21.0. The number of nitrogens with one attached hydrogen (secondary N) is 1. The monoisotopic (exact) mass is 520 g/mol. The Kier molecular flexibility index (Phi) is 11.4. The van der Waals surface area contributed by atoms with Crippen LogP contribution in [-0.2, 0) is 27.2 Å². The molecule has 0 fully saturated rings. The lowest BCUT2D eigenvalue weighted by Gasteiger charge is -2.25. The molecule has 0 saturated heterocycles. The number of alkyl halides is 3. The maximum atomic E-state index is 13.6. The Morgan fingerprint density at radius 3 is 2.41 bits per heavy atom. The van der Waals surface area contributed by atoms with Crippen LogP contribution in [0.25, 0.3) is 0 Å². The molecule has 188 valence electrons. The summed E-state index contributed by atoms with van der Waals surface area (Å²) in [6.07, 6.45) is -1.48. The van der Waals surface area contributed by atoms with Gasteiger partial charge in [-0.25, -0.2) is 4.39 Å². The summed E-state index contributed by atoms with van der Waals surface area (Å²) in [6.45, 7) is 4.99. The highest BCUT2D eigenvalue weighted by Crippen LogP contribution is 2.38. The van der Waals surface area contributed by atoms with Crippen molar-refractivity contribution < 1.29 is 31.5 Å². The summed E-state index contributed by atoms with van der Waals surface area (Å²) >= 11 is 1.21. The van der Waals surface area contributed by atoms with E-state index in [2.05, 4.69) is 23.7 Å². The van der Waals surface area contributed by atoms with Crippen molar-refractivity contribution in [2.75, 3.05) is 18.9 Å². The molecule has 2 aromatic carbocycles. The van der Waals surface area contributed by atoms with Gasteiger partial charge in [-0.1, -0.05) is 38.5 Å². The minimum absolute atomic E-state index is 0.100. The number of benzene rings is 2. The molecule has 2 rings (SSSR count). The summed E-state index contributed by atoms with van der Waals surface area (Å²) in [5, 5.41) is 3.01. The number of hydrogen-bond donors (Lipinski definition) is 2. The van der Waals surface area contributed by atoms with Gasteiger partial charge in [0.2, 0.25) is 0 Å². The first-order valence-corrected chi connectivity index (χ1v) is 13.2. The lowest BCUT2D eigenvalue weighted by Crippen LogP contribution is -2.17. The van der Waals surface area contributed by atoms with Crippen molar-refractivity contribution in [3.8, 4) is 0 Å². The normalized spacial score (nSPS) is 12.7. The van der Waals surface area contributed by atoms with Crippen LogP contribution in [0, 0.1) is 5.82 Å². The first-order valence-electron chi connectivity index (χ1n) is 11.1. The van der Waals surface area contributed by atoms with Crippen LogP contribution >= 0.6 is 20.0 Å². The molecule has 4 nitrogen and oxygen atoms in total. The molecule has 0 radical (unpaired) electrons. The average molecular weight is 521 g/mol. The fourth-order valence-corrected chi connectivity index (χ4v) is 4.85. The van der Waals surface area contributed by atoms with Gasteiger partial charge in [0.15, 0.2) is 0 Å². The lowest BCUT2D eigenvalue weighted by atomic mass is 9.80. The second-order valence-electron chi connectivity index (χ2n) is 8.63. The molecule has 2 N–H and O–H groups in total. The molecular weight excluding hydrogens is 489 g/mol. The lowest BCUT2D eigenvalue weighted by molar-refractivity contribution is -0.139. The van der Waals surface area contributed by atoms with Gasteiger partial charge in [0, 0.05) is 16.0 Å². The van der Waals surface area contributed by atoms with Gasteiger partial charge in [-0.05, 0) is 72.4 Å². The van der Waals surface area contributed by atoms with Gasteiger partial charge >= 0.3 is 14.4 Å². The molecular formula is C24H31F4NO3PS+. The minimum atomic E-state index is -4.44. The fraction of sp³-hybridized carbons (Fsp3) is 0.500. The second kappa shape index (κ2) is 13.5. The van der Waals surface area contributed by atoms with Crippen LogP contribution in [-0.4, -0.2) is 23.8 Å². The summed E-state index contributed by atoms with van der Waals surface area (Å²) < 4.78 is 68.9. The highest BCUT2D eigenvalue weighted by atomic mass is 32.2. The van der Waals surface area contributed by atoms with E-state index in [4.69, 9.17) is 4.89 Å². The zero-order chi connectivity index (χ0) is 25.2. The summed E-state index contributed by atoms with van der Waals surface area (Å²) in [6, 6.07) is 10.8. The van der Waals surface area contributed by atoms with Crippen molar-refractivity contribution in [3.05, 3.63) is 65.0 Å². The Balaban J connectivity index is 1.83.